The Morgan fingerprint density at radius 3 is 2.31 bits per heavy atom. The van der Waals surface area contributed by atoms with Crippen LogP contribution in [0.25, 0.3) is 0 Å². The number of β-lactam (4-membered cyclic amide) rings is 1. The SMILES string of the molecule is Nc1nc(C(=NOCC(=O)OC(c2ccccc2)c2ccccc2)C(=O)N[C@@H]2C(=O)N3CC(C[n+]4ccccc4)(C(=O)[O-])CS[C@H]23)cs1. The van der Waals surface area contributed by atoms with E-state index in [0.29, 0.717) is 0 Å². The van der Waals surface area contributed by atoms with Crippen LogP contribution in [0.5, 0.6) is 0 Å². The number of nitrogens with two attached hydrogens (primary N) is 1. The summed E-state index contributed by atoms with van der Waals surface area (Å²) in [5.74, 6) is -3.05. The Balaban J connectivity index is 1.12. The molecule has 0 aliphatic carbocycles. The number of carboxylic acid groups (broad SMARTS) is 1. The molecule has 3 atom stereocenters. The number of fused-ring (bicyclic) bond motifs is 1. The molecule has 48 heavy (non-hydrogen) atoms. The molecule has 2 saturated heterocycles. The van der Waals surface area contributed by atoms with Gasteiger partial charge in [-0.15, -0.1) is 23.1 Å². The maximum atomic E-state index is 13.5. The van der Waals surface area contributed by atoms with Crippen LogP contribution in [0.1, 0.15) is 22.9 Å². The molecule has 2 aromatic carbocycles. The van der Waals surface area contributed by atoms with E-state index in [-0.39, 0.29) is 35.4 Å². The van der Waals surface area contributed by atoms with Crippen LogP contribution in [0.3, 0.4) is 0 Å². The van der Waals surface area contributed by atoms with Gasteiger partial charge in [-0.2, -0.15) is 0 Å². The van der Waals surface area contributed by atoms with Crippen molar-refractivity contribution < 1.29 is 38.4 Å². The molecule has 0 bridgehead atoms. The summed E-state index contributed by atoms with van der Waals surface area (Å²) in [7, 11) is 0. The van der Waals surface area contributed by atoms with E-state index in [1.165, 1.54) is 22.0 Å². The number of esters is 1. The molecular formula is C33H30N6O7S2. The van der Waals surface area contributed by atoms with Gasteiger partial charge in [-0.1, -0.05) is 71.9 Å². The minimum absolute atomic E-state index is 0.0676. The number of thioether (sulfide) groups is 1. The number of nitrogens with zero attached hydrogens (tertiary/aromatic N) is 4. The molecule has 0 spiro atoms. The highest BCUT2D eigenvalue weighted by atomic mass is 32.2. The number of rotatable bonds is 12. The summed E-state index contributed by atoms with van der Waals surface area (Å²) in [5.41, 5.74) is 5.79. The average molecular weight is 687 g/mol. The summed E-state index contributed by atoms with van der Waals surface area (Å²) < 4.78 is 7.48. The van der Waals surface area contributed by atoms with E-state index in [9.17, 15) is 24.3 Å². The number of pyridine rings is 1. The normalized spacial score (nSPS) is 20.4. The number of aromatic nitrogens is 2. The van der Waals surface area contributed by atoms with E-state index >= 15 is 0 Å². The Morgan fingerprint density at radius 2 is 1.71 bits per heavy atom. The number of hydrogen-bond donors (Lipinski definition) is 2. The van der Waals surface area contributed by atoms with Gasteiger partial charge in [-0.3, -0.25) is 9.59 Å². The van der Waals surface area contributed by atoms with Crippen molar-refractivity contribution in [2.45, 2.75) is 24.1 Å². The molecule has 6 rings (SSSR count). The summed E-state index contributed by atoms with van der Waals surface area (Å²) in [6.45, 7) is -0.566. The first-order chi connectivity index (χ1) is 23.2. The number of carbonyl (C=O) groups is 4. The highest BCUT2D eigenvalue weighted by Gasteiger charge is 2.57. The maximum Gasteiger partial charge on any atom is 0.347 e. The van der Waals surface area contributed by atoms with Crippen LogP contribution in [-0.2, 0) is 35.3 Å². The molecule has 2 aliphatic heterocycles. The van der Waals surface area contributed by atoms with Crippen LogP contribution in [0.2, 0.25) is 0 Å². The van der Waals surface area contributed by atoms with E-state index in [2.05, 4.69) is 15.5 Å². The second-order valence-corrected chi connectivity index (χ2v) is 13.2. The molecule has 246 valence electrons. The molecule has 2 fully saturated rings. The summed E-state index contributed by atoms with van der Waals surface area (Å²) in [6, 6.07) is 22.9. The lowest BCUT2D eigenvalue weighted by Gasteiger charge is -2.54. The van der Waals surface area contributed by atoms with E-state index in [4.69, 9.17) is 15.3 Å². The van der Waals surface area contributed by atoms with Crippen molar-refractivity contribution in [3.8, 4) is 0 Å². The van der Waals surface area contributed by atoms with E-state index in [1.807, 2.05) is 66.7 Å². The number of carboxylic acids is 1. The molecule has 2 aromatic heterocycles. The Morgan fingerprint density at radius 1 is 1.06 bits per heavy atom. The second kappa shape index (κ2) is 14.2. The molecule has 13 nitrogen and oxygen atoms in total. The Kier molecular flexibility index (Phi) is 9.68. The van der Waals surface area contributed by atoms with Crippen LogP contribution in [0, 0.1) is 5.41 Å². The Labute approximate surface area is 283 Å². The number of anilines is 1. The van der Waals surface area contributed by atoms with Crippen LogP contribution in [-0.4, -0.2) is 69.7 Å². The van der Waals surface area contributed by atoms with Crippen molar-refractivity contribution in [2.75, 3.05) is 24.6 Å². The third-order valence-corrected chi connectivity index (χ3v) is 10.2. The zero-order valence-corrected chi connectivity index (χ0v) is 27.0. The minimum Gasteiger partial charge on any atom is -0.549 e. The van der Waals surface area contributed by atoms with Gasteiger partial charge in [-0.05, 0) is 11.1 Å². The molecular weight excluding hydrogens is 657 g/mol. The number of nitrogens with one attached hydrogen (secondary N) is 1. The molecule has 4 aromatic rings. The van der Waals surface area contributed by atoms with Crippen LogP contribution in [0.15, 0.2) is 102 Å². The average Bonchev–Trinajstić information content (AvgIpc) is 3.54. The largest absolute Gasteiger partial charge is 0.549 e. The minimum atomic E-state index is -1.31. The molecule has 3 N–H and O–H groups in total. The van der Waals surface area contributed by atoms with Crippen molar-refractivity contribution in [2.24, 2.45) is 10.6 Å². The van der Waals surface area contributed by atoms with E-state index < -0.39 is 53.3 Å². The topological polar surface area (TPSA) is 180 Å². The number of amides is 2. The third kappa shape index (κ3) is 7.01. The van der Waals surface area contributed by atoms with Crippen molar-refractivity contribution in [3.63, 3.8) is 0 Å². The van der Waals surface area contributed by atoms with E-state index in [0.717, 1.165) is 22.5 Å². The zero-order valence-electron chi connectivity index (χ0n) is 25.3. The highest BCUT2D eigenvalue weighted by molar-refractivity contribution is 8.00. The molecule has 2 amide bonds. The number of hydrogen-bond acceptors (Lipinski definition) is 12. The lowest BCUT2D eigenvalue weighted by atomic mass is 9.86. The molecule has 4 heterocycles. The van der Waals surface area contributed by atoms with Gasteiger partial charge >= 0.3 is 5.97 Å². The van der Waals surface area contributed by atoms with Crippen LogP contribution < -0.4 is 20.7 Å². The summed E-state index contributed by atoms with van der Waals surface area (Å²) in [6.07, 6.45) is 2.80. The summed E-state index contributed by atoms with van der Waals surface area (Å²) >= 11 is 2.32. The predicted molar refractivity (Wildman–Crippen MR) is 174 cm³/mol. The first-order valence-corrected chi connectivity index (χ1v) is 16.8. The van der Waals surface area contributed by atoms with Crippen molar-refractivity contribution in [3.05, 3.63) is 113 Å². The first kappa shape index (κ1) is 32.7. The van der Waals surface area contributed by atoms with Gasteiger partial charge in [-0.25, -0.2) is 14.3 Å². The van der Waals surface area contributed by atoms with Gasteiger partial charge in [0.05, 0.1) is 11.4 Å². The first-order valence-electron chi connectivity index (χ1n) is 14.8. The van der Waals surface area contributed by atoms with Gasteiger partial charge in [0.1, 0.15) is 17.1 Å². The van der Waals surface area contributed by atoms with Gasteiger partial charge in [0.25, 0.3) is 5.91 Å². The van der Waals surface area contributed by atoms with Crippen LogP contribution in [0.4, 0.5) is 5.13 Å². The molecule has 15 heteroatoms. The number of ether oxygens (including phenoxy) is 1. The van der Waals surface area contributed by atoms with Gasteiger partial charge in [0, 0.05) is 29.8 Å². The van der Waals surface area contributed by atoms with Gasteiger partial charge in [0.2, 0.25) is 12.5 Å². The number of thiazole rings is 1. The number of oxime groups is 1. The molecule has 1 unspecified atom stereocenters. The number of benzene rings is 2. The zero-order chi connectivity index (χ0) is 33.7. The van der Waals surface area contributed by atoms with Crippen molar-refractivity contribution >= 4 is 57.7 Å². The van der Waals surface area contributed by atoms with E-state index in [1.54, 1.807) is 29.1 Å². The number of aliphatic carboxylic acids is 1. The van der Waals surface area contributed by atoms with Crippen molar-refractivity contribution in [1.82, 2.24) is 15.2 Å². The monoisotopic (exact) mass is 686 g/mol. The fraction of sp³-hybridized carbons (Fsp3) is 0.242. The van der Waals surface area contributed by atoms with Gasteiger partial charge in [0.15, 0.2) is 35.9 Å². The molecule has 0 saturated carbocycles. The molecule has 0 radical (unpaired) electrons. The Hall–Kier alpha value is -5.28. The smallest absolute Gasteiger partial charge is 0.347 e. The third-order valence-electron chi connectivity index (χ3n) is 7.90. The molecule has 2 aliphatic rings. The highest BCUT2D eigenvalue weighted by Crippen LogP contribution is 2.42. The predicted octanol–water partition coefficient (Wildman–Crippen LogP) is 0.903. The Bertz CT molecular complexity index is 1790. The summed E-state index contributed by atoms with van der Waals surface area (Å²) in [5, 5.41) is 20.0. The summed E-state index contributed by atoms with van der Waals surface area (Å²) in [4.78, 5) is 62.7. The van der Waals surface area contributed by atoms with Crippen molar-refractivity contribution in [1.29, 1.82) is 0 Å². The van der Waals surface area contributed by atoms with Gasteiger partial charge < -0.3 is 35.4 Å². The fourth-order valence-corrected chi connectivity index (χ4v) is 7.58. The number of nitrogen functional groups attached to an aromatic ring is 1. The maximum absolute atomic E-state index is 13.5. The standard InChI is InChI=1S/C33H30N6O7S2/c34-32-35-23(17-47-32)25(37-45-16-24(40)46-27(21-10-4-1-5-11-21)22-12-6-2-7-13-22)28(41)36-26-29(42)39-19-33(31(43)44,20-48-30(26)39)18-38-14-8-3-9-15-38/h1-15,17,26-27,30H,16,18-20H2,(H3-,34,35,36,41,43,44)/t26-,30-,33?/m1/s1. The quantitative estimate of drug-likeness (QED) is 0.0715. The van der Waals surface area contributed by atoms with Crippen LogP contribution >= 0.6 is 23.1 Å². The fourth-order valence-electron chi connectivity index (χ4n) is 5.51. The second-order valence-electron chi connectivity index (χ2n) is 11.2. The number of carbonyl (C=O) groups excluding carboxylic acids is 4. The lowest BCUT2D eigenvalue weighted by Crippen LogP contribution is -2.75. The lowest BCUT2D eigenvalue weighted by molar-refractivity contribution is -0.707.